The van der Waals surface area contributed by atoms with Crippen LogP contribution in [0.2, 0.25) is 0 Å². The minimum absolute atomic E-state index is 0. The van der Waals surface area contributed by atoms with E-state index in [1.165, 1.54) is 0 Å². The molecular weight excluding hydrogens is 87.0 g/mol. The summed E-state index contributed by atoms with van der Waals surface area (Å²) in [6.45, 7) is 0. The summed E-state index contributed by atoms with van der Waals surface area (Å²) in [5, 5.41) is 0. The van der Waals surface area contributed by atoms with Crippen molar-refractivity contribution in [3.8, 4) is 0 Å². The van der Waals surface area contributed by atoms with E-state index in [0.29, 0.717) is 0 Å². The second-order valence-electron chi connectivity index (χ2n) is 0. The summed E-state index contributed by atoms with van der Waals surface area (Å²) in [5.74, 6) is 0. The van der Waals surface area contributed by atoms with E-state index in [4.69, 9.17) is 0 Å². The molecule has 0 bridgehead atoms. The fraction of sp³-hybridized carbons (Fsp3) is 0. The standard InChI is InChI=1S/Na.4H2O/h;4*1H2/q+1;;;;/p-1. The third kappa shape index (κ3) is 55.3. The molecule has 5 heavy (non-hydrogen) atoms. The summed E-state index contributed by atoms with van der Waals surface area (Å²) < 4.78 is 0. The van der Waals surface area contributed by atoms with Crippen LogP contribution in [0, 0.1) is 0 Å². The van der Waals surface area contributed by atoms with Crippen molar-refractivity contribution < 1.29 is 51.5 Å². The summed E-state index contributed by atoms with van der Waals surface area (Å²) in [6.07, 6.45) is 0. The van der Waals surface area contributed by atoms with Gasteiger partial charge >= 0.3 is 29.6 Å². The molecule has 0 aromatic carbocycles. The molecule has 0 aromatic rings. The van der Waals surface area contributed by atoms with E-state index >= 15 is 0 Å². The van der Waals surface area contributed by atoms with Crippen LogP contribution in [-0.2, 0) is 0 Å². The topological polar surface area (TPSA) is 124 Å². The molecule has 0 saturated carbocycles. The SMILES string of the molecule is O.O.O.[Na+].[OH-]. The predicted molar refractivity (Wildman–Crippen MR) is 12.8 cm³/mol. The van der Waals surface area contributed by atoms with Crippen molar-refractivity contribution in [1.82, 2.24) is 0 Å². The Morgan fingerprint density at radius 1 is 0.600 bits per heavy atom. The fourth-order valence-corrected chi connectivity index (χ4v) is 0. The average molecular weight is 94.0 g/mol. The molecule has 5 heteroatoms. The smallest absolute Gasteiger partial charge is 0.870 e. The van der Waals surface area contributed by atoms with Crippen LogP contribution >= 0.6 is 0 Å². The number of rotatable bonds is 0. The van der Waals surface area contributed by atoms with Gasteiger partial charge in [-0.25, -0.2) is 0 Å². The van der Waals surface area contributed by atoms with E-state index in [-0.39, 0.29) is 51.5 Å². The van der Waals surface area contributed by atoms with Crippen LogP contribution in [-0.4, -0.2) is 21.9 Å². The molecule has 0 fully saturated rings. The molecule has 0 atom stereocenters. The Hall–Kier alpha value is 0.840. The third-order valence-corrected chi connectivity index (χ3v) is 0. The van der Waals surface area contributed by atoms with Gasteiger partial charge in [0.25, 0.3) is 0 Å². The minimum atomic E-state index is 0. The Morgan fingerprint density at radius 3 is 0.600 bits per heavy atom. The van der Waals surface area contributed by atoms with Gasteiger partial charge in [-0.1, -0.05) is 0 Å². The largest absolute Gasteiger partial charge is 1.00 e. The van der Waals surface area contributed by atoms with Gasteiger partial charge in [0.05, 0.1) is 0 Å². The first-order valence-electron chi connectivity index (χ1n) is 0. The molecule has 32 valence electrons. The van der Waals surface area contributed by atoms with Crippen LogP contribution < -0.4 is 29.6 Å². The van der Waals surface area contributed by atoms with Crippen LogP contribution in [0.1, 0.15) is 0 Å². The van der Waals surface area contributed by atoms with Crippen molar-refractivity contribution in [2.24, 2.45) is 0 Å². The van der Waals surface area contributed by atoms with Crippen molar-refractivity contribution in [3.63, 3.8) is 0 Å². The van der Waals surface area contributed by atoms with E-state index in [2.05, 4.69) is 0 Å². The van der Waals surface area contributed by atoms with Gasteiger partial charge < -0.3 is 21.9 Å². The molecule has 0 spiro atoms. The van der Waals surface area contributed by atoms with Crippen molar-refractivity contribution in [1.29, 1.82) is 0 Å². The van der Waals surface area contributed by atoms with Crippen LogP contribution in [0.3, 0.4) is 0 Å². The molecule has 0 saturated heterocycles. The second kappa shape index (κ2) is 101. The first kappa shape index (κ1) is 194. The van der Waals surface area contributed by atoms with E-state index in [0.717, 1.165) is 0 Å². The van der Waals surface area contributed by atoms with Gasteiger partial charge in [-0.2, -0.15) is 0 Å². The van der Waals surface area contributed by atoms with E-state index < -0.39 is 0 Å². The Labute approximate surface area is 51.7 Å². The molecule has 0 rings (SSSR count). The summed E-state index contributed by atoms with van der Waals surface area (Å²) in [6, 6.07) is 0. The third-order valence-electron chi connectivity index (χ3n) is 0. The molecule has 4 nitrogen and oxygen atoms in total. The first-order valence-corrected chi connectivity index (χ1v) is 0. The number of hydrogen-bond donors (Lipinski definition) is 0. The maximum absolute atomic E-state index is 0. The summed E-state index contributed by atoms with van der Waals surface area (Å²) >= 11 is 0. The molecular formula is H7NaO4. The maximum Gasteiger partial charge on any atom is 1.00 e. The Balaban J connectivity index is 0. The van der Waals surface area contributed by atoms with Crippen LogP contribution in [0.15, 0.2) is 0 Å². The van der Waals surface area contributed by atoms with Crippen molar-refractivity contribution >= 4 is 0 Å². The van der Waals surface area contributed by atoms with Gasteiger partial charge in [-0.05, 0) is 0 Å². The van der Waals surface area contributed by atoms with Gasteiger partial charge in [0.2, 0.25) is 0 Å². The monoisotopic (exact) mass is 94.0 g/mol. The molecule has 0 aliphatic carbocycles. The Morgan fingerprint density at radius 2 is 0.600 bits per heavy atom. The van der Waals surface area contributed by atoms with E-state index in [1.807, 2.05) is 0 Å². The molecule has 0 radical (unpaired) electrons. The van der Waals surface area contributed by atoms with Crippen LogP contribution in [0.25, 0.3) is 0 Å². The molecule has 0 amide bonds. The number of hydrogen-bond acceptors (Lipinski definition) is 1. The van der Waals surface area contributed by atoms with Gasteiger partial charge in [-0.3, -0.25) is 0 Å². The van der Waals surface area contributed by atoms with Gasteiger partial charge in [0, 0.05) is 0 Å². The fourth-order valence-electron chi connectivity index (χ4n) is 0. The van der Waals surface area contributed by atoms with Gasteiger partial charge in [-0.15, -0.1) is 0 Å². The van der Waals surface area contributed by atoms with E-state index in [1.54, 1.807) is 0 Å². The quantitative estimate of drug-likeness (QED) is 0.272. The van der Waals surface area contributed by atoms with Gasteiger partial charge in [0.15, 0.2) is 0 Å². The molecule has 0 aliphatic heterocycles. The molecule has 0 unspecified atom stereocenters. The molecule has 0 aliphatic rings. The summed E-state index contributed by atoms with van der Waals surface area (Å²) in [7, 11) is 0. The van der Waals surface area contributed by atoms with Crippen LogP contribution in [0.5, 0.6) is 0 Å². The summed E-state index contributed by atoms with van der Waals surface area (Å²) in [4.78, 5) is 0. The molecule has 0 heterocycles. The first-order chi connectivity index (χ1) is 0. The summed E-state index contributed by atoms with van der Waals surface area (Å²) in [5.41, 5.74) is 0. The zero-order valence-electron chi connectivity index (χ0n) is 2.95. The normalized spacial score (nSPS) is 0. The molecule has 7 N–H and O–H groups in total. The Kier molecular flexibility index (Phi) is 3920. The van der Waals surface area contributed by atoms with Crippen molar-refractivity contribution in [3.05, 3.63) is 0 Å². The Bertz CT molecular complexity index is 3.61. The van der Waals surface area contributed by atoms with Crippen LogP contribution in [0.4, 0.5) is 0 Å². The minimum Gasteiger partial charge on any atom is -0.870 e. The van der Waals surface area contributed by atoms with Crippen molar-refractivity contribution in [2.75, 3.05) is 0 Å². The maximum atomic E-state index is 0. The molecule has 0 aromatic heterocycles. The van der Waals surface area contributed by atoms with E-state index in [9.17, 15) is 0 Å². The zero-order chi connectivity index (χ0) is 0. The predicted octanol–water partition coefficient (Wildman–Crippen LogP) is -5.65. The van der Waals surface area contributed by atoms with Gasteiger partial charge in [0.1, 0.15) is 0 Å². The average Bonchev–Trinajstić information content (AvgIpc) is 0. The second-order valence-corrected chi connectivity index (χ2v) is 0. The van der Waals surface area contributed by atoms with Crippen molar-refractivity contribution in [2.45, 2.75) is 0 Å². The zero-order valence-corrected chi connectivity index (χ0v) is 4.95.